The molecule has 1 saturated heterocycles. The van der Waals surface area contributed by atoms with Gasteiger partial charge in [0.25, 0.3) is 0 Å². The van der Waals surface area contributed by atoms with Crippen LogP contribution in [0.4, 0.5) is 0 Å². The molecule has 1 amide bonds. The maximum Gasteiger partial charge on any atom is 0.237 e. The van der Waals surface area contributed by atoms with Gasteiger partial charge in [-0.15, -0.1) is 0 Å². The minimum absolute atomic E-state index is 0.191. The van der Waals surface area contributed by atoms with Crippen LogP contribution >= 0.6 is 0 Å². The summed E-state index contributed by atoms with van der Waals surface area (Å²) in [5, 5.41) is 0. The summed E-state index contributed by atoms with van der Waals surface area (Å²) < 4.78 is 0. The molecule has 0 aromatic heterocycles. The molecule has 0 aliphatic carbocycles. The number of nitrogens with zero attached hydrogens (tertiary/aromatic N) is 2. The highest BCUT2D eigenvalue weighted by Crippen LogP contribution is 2.23. The van der Waals surface area contributed by atoms with Gasteiger partial charge in [-0.25, -0.2) is 0 Å². The van der Waals surface area contributed by atoms with Crippen molar-refractivity contribution in [3.63, 3.8) is 0 Å². The lowest BCUT2D eigenvalue weighted by molar-refractivity contribution is -0.133. The van der Waals surface area contributed by atoms with E-state index in [4.69, 9.17) is 0 Å². The Bertz CT molecular complexity index is 398. The molecule has 0 N–H and O–H groups in total. The van der Waals surface area contributed by atoms with Crippen LogP contribution in [-0.4, -0.2) is 42.4 Å². The Hall–Kier alpha value is -1.35. The van der Waals surface area contributed by atoms with E-state index in [1.165, 1.54) is 18.4 Å². The van der Waals surface area contributed by atoms with E-state index in [2.05, 4.69) is 24.0 Å². The molecule has 0 saturated carbocycles. The Kier molecular flexibility index (Phi) is 4.97. The Labute approximate surface area is 116 Å². The standard InChI is InChI=1S/C16H24N2O/c1-3-15(14-9-5-4-6-10-14)17(2)16(19)13-18-11-7-8-12-18/h4-6,9-10,15H,3,7-8,11-13H2,1-2H3. The molecule has 0 bridgehead atoms. The van der Waals surface area contributed by atoms with Crippen LogP contribution in [0.5, 0.6) is 0 Å². The molecule has 1 unspecified atom stereocenters. The van der Waals surface area contributed by atoms with Crippen molar-refractivity contribution in [3.8, 4) is 0 Å². The van der Waals surface area contributed by atoms with E-state index in [0.717, 1.165) is 19.5 Å². The van der Waals surface area contributed by atoms with Gasteiger partial charge in [-0.1, -0.05) is 37.3 Å². The van der Waals surface area contributed by atoms with E-state index in [1.807, 2.05) is 30.1 Å². The monoisotopic (exact) mass is 260 g/mol. The Balaban J connectivity index is 1.99. The van der Waals surface area contributed by atoms with E-state index < -0.39 is 0 Å². The number of likely N-dealkylation sites (N-methyl/N-ethyl adjacent to an activating group) is 1. The third-order valence-corrected chi connectivity index (χ3v) is 3.99. The zero-order chi connectivity index (χ0) is 13.7. The highest BCUT2D eigenvalue weighted by Gasteiger charge is 2.22. The van der Waals surface area contributed by atoms with Crippen molar-refractivity contribution >= 4 is 5.91 Å². The van der Waals surface area contributed by atoms with Gasteiger partial charge >= 0.3 is 0 Å². The molecule has 1 aliphatic heterocycles. The first-order chi connectivity index (χ1) is 9.22. The van der Waals surface area contributed by atoms with Crippen LogP contribution in [0.25, 0.3) is 0 Å². The first-order valence-corrected chi connectivity index (χ1v) is 7.25. The molecular formula is C16H24N2O. The van der Waals surface area contributed by atoms with Crippen molar-refractivity contribution in [1.29, 1.82) is 0 Å². The summed E-state index contributed by atoms with van der Waals surface area (Å²) in [5.74, 6) is 0.234. The van der Waals surface area contributed by atoms with Crippen LogP contribution in [0.2, 0.25) is 0 Å². The smallest absolute Gasteiger partial charge is 0.237 e. The number of benzene rings is 1. The summed E-state index contributed by atoms with van der Waals surface area (Å²) in [4.78, 5) is 16.5. The van der Waals surface area contributed by atoms with Crippen molar-refractivity contribution in [2.45, 2.75) is 32.2 Å². The number of rotatable bonds is 5. The predicted molar refractivity (Wildman–Crippen MR) is 77.9 cm³/mol. The normalized spacial score (nSPS) is 17.4. The molecular weight excluding hydrogens is 236 g/mol. The molecule has 3 heteroatoms. The van der Waals surface area contributed by atoms with Gasteiger partial charge in [0.1, 0.15) is 0 Å². The maximum absolute atomic E-state index is 12.4. The van der Waals surface area contributed by atoms with Crippen molar-refractivity contribution < 1.29 is 4.79 Å². The molecule has 1 aliphatic rings. The molecule has 1 fully saturated rings. The second-order valence-corrected chi connectivity index (χ2v) is 5.32. The van der Waals surface area contributed by atoms with E-state index in [1.54, 1.807) is 0 Å². The zero-order valence-electron chi connectivity index (χ0n) is 12.0. The van der Waals surface area contributed by atoms with Crippen molar-refractivity contribution in [2.75, 3.05) is 26.7 Å². The van der Waals surface area contributed by atoms with Gasteiger partial charge in [-0.05, 0) is 37.9 Å². The quantitative estimate of drug-likeness (QED) is 0.812. The molecule has 19 heavy (non-hydrogen) atoms. The first kappa shape index (κ1) is 14.1. The molecule has 0 radical (unpaired) electrons. The number of hydrogen-bond acceptors (Lipinski definition) is 2. The van der Waals surface area contributed by atoms with Gasteiger partial charge < -0.3 is 4.90 Å². The average molecular weight is 260 g/mol. The predicted octanol–water partition coefficient (Wildman–Crippen LogP) is 2.69. The molecule has 0 spiro atoms. The summed E-state index contributed by atoms with van der Waals surface area (Å²) in [7, 11) is 1.93. The summed E-state index contributed by atoms with van der Waals surface area (Å²) in [5.41, 5.74) is 1.22. The lowest BCUT2D eigenvalue weighted by Crippen LogP contribution is -2.39. The third-order valence-electron chi connectivity index (χ3n) is 3.99. The van der Waals surface area contributed by atoms with Crippen molar-refractivity contribution in [3.05, 3.63) is 35.9 Å². The van der Waals surface area contributed by atoms with E-state index in [9.17, 15) is 4.79 Å². The van der Waals surface area contributed by atoms with E-state index >= 15 is 0 Å². The highest BCUT2D eigenvalue weighted by atomic mass is 16.2. The minimum Gasteiger partial charge on any atom is -0.338 e. The fourth-order valence-corrected chi connectivity index (χ4v) is 2.83. The molecule has 3 nitrogen and oxygen atoms in total. The summed E-state index contributed by atoms with van der Waals surface area (Å²) in [6.45, 7) is 4.85. The summed E-state index contributed by atoms with van der Waals surface area (Å²) in [6.07, 6.45) is 3.41. The van der Waals surface area contributed by atoms with Crippen LogP contribution in [0.15, 0.2) is 30.3 Å². The number of carbonyl (C=O) groups is 1. The van der Waals surface area contributed by atoms with Gasteiger partial charge in [0.05, 0.1) is 12.6 Å². The summed E-state index contributed by atoms with van der Waals surface area (Å²) >= 11 is 0. The third kappa shape index (κ3) is 3.57. The first-order valence-electron chi connectivity index (χ1n) is 7.25. The Morgan fingerprint density at radius 3 is 2.47 bits per heavy atom. The molecule has 104 valence electrons. The van der Waals surface area contributed by atoms with Crippen molar-refractivity contribution in [2.24, 2.45) is 0 Å². The Morgan fingerprint density at radius 2 is 1.89 bits per heavy atom. The Morgan fingerprint density at radius 1 is 1.26 bits per heavy atom. The van der Waals surface area contributed by atoms with Gasteiger partial charge in [-0.3, -0.25) is 9.69 Å². The fourth-order valence-electron chi connectivity index (χ4n) is 2.83. The maximum atomic E-state index is 12.4. The van der Waals surface area contributed by atoms with E-state index in [0.29, 0.717) is 6.54 Å². The van der Waals surface area contributed by atoms with Crippen LogP contribution in [0, 0.1) is 0 Å². The van der Waals surface area contributed by atoms with Gasteiger partial charge in [0, 0.05) is 7.05 Å². The summed E-state index contributed by atoms with van der Waals surface area (Å²) in [6, 6.07) is 10.5. The largest absolute Gasteiger partial charge is 0.338 e. The van der Waals surface area contributed by atoms with Crippen LogP contribution in [0.3, 0.4) is 0 Å². The second kappa shape index (κ2) is 6.71. The number of likely N-dealkylation sites (tertiary alicyclic amines) is 1. The SMILES string of the molecule is CCC(c1ccccc1)N(C)C(=O)CN1CCCC1. The topological polar surface area (TPSA) is 23.6 Å². The van der Waals surface area contributed by atoms with Crippen LogP contribution in [0.1, 0.15) is 37.8 Å². The second-order valence-electron chi connectivity index (χ2n) is 5.32. The number of hydrogen-bond donors (Lipinski definition) is 0. The lowest BCUT2D eigenvalue weighted by Gasteiger charge is -2.29. The highest BCUT2D eigenvalue weighted by molar-refractivity contribution is 5.78. The van der Waals surface area contributed by atoms with E-state index in [-0.39, 0.29) is 11.9 Å². The van der Waals surface area contributed by atoms with Gasteiger partial charge in [0.15, 0.2) is 0 Å². The molecule has 1 heterocycles. The molecule has 1 atom stereocenters. The molecule has 1 aromatic carbocycles. The van der Waals surface area contributed by atoms with Gasteiger partial charge in [-0.2, -0.15) is 0 Å². The number of amides is 1. The van der Waals surface area contributed by atoms with Crippen LogP contribution in [-0.2, 0) is 4.79 Å². The molecule has 1 aromatic rings. The average Bonchev–Trinajstić information content (AvgIpc) is 2.93. The van der Waals surface area contributed by atoms with Crippen LogP contribution < -0.4 is 0 Å². The number of carbonyl (C=O) groups excluding carboxylic acids is 1. The lowest BCUT2D eigenvalue weighted by atomic mass is 10.0. The zero-order valence-corrected chi connectivity index (χ0v) is 12.0. The van der Waals surface area contributed by atoms with Gasteiger partial charge in [0.2, 0.25) is 5.91 Å². The van der Waals surface area contributed by atoms with Crippen molar-refractivity contribution in [1.82, 2.24) is 9.80 Å². The molecule has 2 rings (SSSR count). The minimum atomic E-state index is 0.191. The fraction of sp³-hybridized carbons (Fsp3) is 0.562.